The maximum absolute atomic E-state index is 12.9. The molecule has 2 aliphatic rings. The Morgan fingerprint density at radius 2 is 2.07 bits per heavy atom. The number of nitrogens with one attached hydrogen (secondary N) is 1. The molecule has 2 aromatic rings. The lowest BCUT2D eigenvalue weighted by molar-refractivity contribution is -0.167. The number of epoxide rings is 1. The second-order valence-corrected chi connectivity index (χ2v) is 8.60. The Morgan fingerprint density at radius 3 is 2.70 bits per heavy atom. The van der Waals surface area contributed by atoms with Crippen LogP contribution in [0.4, 0.5) is 0 Å². The van der Waals surface area contributed by atoms with Crippen molar-refractivity contribution in [2.45, 2.75) is 63.9 Å². The van der Waals surface area contributed by atoms with Crippen LogP contribution in [0.1, 0.15) is 38.5 Å². The highest BCUT2D eigenvalue weighted by Crippen LogP contribution is 2.45. The second kappa shape index (κ2) is 6.99. The van der Waals surface area contributed by atoms with Gasteiger partial charge in [0.25, 0.3) is 0 Å². The largest absolute Gasteiger partial charge is 0.507 e. The van der Waals surface area contributed by atoms with Crippen molar-refractivity contribution >= 4 is 16.9 Å². The van der Waals surface area contributed by atoms with Crippen molar-refractivity contribution in [3.8, 4) is 11.5 Å². The molecule has 30 heavy (non-hydrogen) atoms. The van der Waals surface area contributed by atoms with Gasteiger partial charge < -0.3 is 29.1 Å². The summed E-state index contributed by atoms with van der Waals surface area (Å²) in [7, 11) is 1.81. The lowest BCUT2D eigenvalue weighted by Crippen LogP contribution is -2.50. The van der Waals surface area contributed by atoms with Gasteiger partial charge in [0.05, 0.1) is 6.10 Å². The van der Waals surface area contributed by atoms with Crippen LogP contribution < -0.4 is 15.5 Å². The Bertz CT molecular complexity index is 1070. The van der Waals surface area contributed by atoms with E-state index >= 15 is 0 Å². The lowest BCUT2D eigenvalue weighted by atomic mass is 9.89. The molecule has 0 amide bonds. The molecule has 0 aliphatic carbocycles. The first-order valence-electron chi connectivity index (χ1n) is 10.1. The summed E-state index contributed by atoms with van der Waals surface area (Å²) in [5.41, 5.74) is -1.46. The molecule has 3 heterocycles. The van der Waals surface area contributed by atoms with Crippen LogP contribution in [0.5, 0.6) is 11.5 Å². The minimum Gasteiger partial charge on any atom is -0.507 e. The van der Waals surface area contributed by atoms with Crippen molar-refractivity contribution in [2.75, 3.05) is 13.6 Å². The third-order valence-corrected chi connectivity index (χ3v) is 6.05. The summed E-state index contributed by atoms with van der Waals surface area (Å²) in [6.07, 6.45) is -0.172. The minimum absolute atomic E-state index is 0.0948. The normalized spacial score (nSPS) is 26.7. The topological polar surface area (TPSA) is 111 Å². The van der Waals surface area contributed by atoms with E-state index in [0.29, 0.717) is 30.0 Å². The molecule has 4 rings (SSSR count). The van der Waals surface area contributed by atoms with E-state index in [0.717, 1.165) is 0 Å². The molecule has 0 radical (unpaired) electrons. The summed E-state index contributed by atoms with van der Waals surface area (Å²) in [6, 6.07) is 2.94. The molecular weight excluding hydrogens is 390 g/mol. The highest BCUT2D eigenvalue weighted by atomic mass is 16.7. The Kier molecular flexibility index (Phi) is 4.82. The first kappa shape index (κ1) is 20.7. The van der Waals surface area contributed by atoms with Crippen LogP contribution in [-0.4, -0.2) is 48.1 Å². The van der Waals surface area contributed by atoms with Gasteiger partial charge in [-0.05, 0) is 41.3 Å². The number of carbonyl (C=O) groups is 1. The highest BCUT2D eigenvalue weighted by Gasteiger charge is 2.61. The maximum atomic E-state index is 12.9. The number of phenolic OH excluding ortho intramolecular Hbond substituents is 1. The third kappa shape index (κ3) is 3.24. The van der Waals surface area contributed by atoms with Crippen molar-refractivity contribution in [1.29, 1.82) is 0 Å². The molecule has 3 atom stereocenters. The van der Waals surface area contributed by atoms with Gasteiger partial charge in [0, 0.05) is 30.5 Å². The summed E-state index contributed by atoms with van der Waals surface area (Å²) in [6.45, 7) is 7.77. The molecule has 1 aromatic heterocycles. The maximum Gasteiger partial charge on any atom is 0.341 e. The standard InChI is InChI=1S/C22H27NO7/c1-11-8-14(24)18-16(27-11)10-15-13(19(18)25)9-17(21(3,4)30-15)28-20(26)22(6-7-23-5)12(2)29-22/h8,10,12,17,23,25H,6-7,9H2,1-5H3/t12-,17-,22+/m1/s1. The van der Waals surface area contributed by atoms with Gasteiger partial charge in [0.2, 0.25) is 0 Å². The van der Waals surface area contributed by atoms with Gasteiger partial charge >= 0.3 is 5.97 Å². The zero-order valence-electron chi connectivity index (χ0n) is 17.8. The van der Waals surface area contributed by atoms with Crippen LogP contribution in [0.25, 0.3) is 11.0 Å². The Labute approximate surface area is 174 Å². The average Bonchev–Trinajstić information content (AvgIpc) is 3.31. The van der Waals surface area contributed by atoms with Gasteiger partial charge in [-0.2, -0.15) is 0 Å². The van der Waals surface area contributed by atoms with Crippen molar-refractivity contribution < 1.29 is 28.5 Å². The fraction of sp³-hybridized carbons (Fsp3) is 0.545. The molecule has 0 bridgehead atoms. The molecule has 1 saturated heterocycles. The Hall–Kier alpha value is -2.58. The van der Waals surface area contributed by atoms with Gasteiger partial charge in [-0.25, -0.2) is 4.79 Å². The van der Waals surface area contributed by atoms with Crippen LogP contribution in [0.15, 0.2) is 21.3 Å². The van der Waals surface area contributed by atoms with E-state index in [-0.39, 0.29) is 34.7 Å². The summed E-state index contributed by atoms with van der Waals surface area (Å²) in [5, 5.41) is 13.9. The molecule has 8 nitrogen and oxygen atoms in total. The minimum atomic E-state index is -0.955. The summed E-state index contributed by atoms with van der Waals surface area (Å²) in [4.78, 5) is 25.3. The number of fused-ring (bicyclic) bond motifs is 2. The zero-order chi connectivity index (χ0) is 21.8. The molecule has 2 aliphatic heterocycles. The number of phenols is 1. The van der Waals surface area contributed by atoms with Gasteiger partial charge in [-0.15, -0.1) is 0 Å². The van der Waals surface area contributed by atoms with E-state index < -0.39 is 23.3 Å². The van der Waals surface area contributed by atoms with Crippen molar-refractivity contribution in [3.05, 3.63) is 33.7 Å². The molecule has 162 valence electrons. The zero-order valence-corrected chi connectivity index (χ0v) is 17.8. The SMILES string of the molecule is CNCC[C@]1(C(=O)O[C@@H]2Cc3c(cc4oc(C)cc(=O)c4c3O)OC2(C)C)O[C@@H]1C. The van der Waals surface area contributed by atoms with Gasteiger partial charge in [0.15, 0.2) is 11.0 Å². The fourth-order valence-electron chi connectivity index (χ4n) is 4.09. The first-order chi connectivity index (χ1) is 14.1. The van der Waals surface area contributed by atoms with Crippen LogP contribution in [0, 0.1) is 6.92 Å². The fourth-order valence-corrected chi connectivity index (χ4v) is 4.09. The van der Waals surface area contributed by atoms with Crippen molar-refractivity contribution in [1.82, 2.24) is 5.32 Å². The number of carbonyl (C=O) groups excluding carboxylic acids is 1. The van der Waals surface area contributed by atoms with Crippen LogP contribution in [-0.2, 0) is 20.7 Å². The van der Waals surface area contributed by atoms with Crippen LogP contribution in [0.3, 0.4) is 0 Å². The molecule has 0 spiro atoms. The monoisotopic (exact) mass is 417 g/mol. The van der Waals surface area contributed by atoms with E-state index in [1.165, 1.54) is 6.07 Å². The molecule has 0 unspecified atom stereocenters. The van der Waals surface area contributed by atoms with E-state index in [9.17, 15) is 14.7 Å². The summed E-state index contributed by atoms with van der Waals surface area (Å²) in [5.74, 6) is 0.214. The summed E-state index contributed by atoms with van der Waals surface area (Å²) >= 11 is 0. The van der Waals surface area contributed by atoms with E-state index in [1.807, 2.05) is 27.8 Å². The lowest BCUT2D eigenvalue weighted by Gasteiger charge is -2.39. The number of hydrogen-bond acceptors (Lipinski definition) is 8. The predicted molar refractivity (Wildman–Crippen MR) is 109 cm³/mol. The molecule has 1 aromatic carbocycles. The molecule has 2 N–H and O–H groups in total. The number of benzene rings is 1. The van der Waals surface area contributed by atoms with Crippen LogP contribution >= 0.6 is 0 Å². The third-order valence-electron chi connectivity index (χ3n) is 6.05. The van der Waals surface area contributed by atoms with Crippen LogP contribution in [0.2, 0.25) is 0 Å². The highest BCUT2D eigenvalue weighted by molar-refractivity contribution is 5.87. The van der Waals surface area contributed by atoms with E-state index in [1.54, 1.807) is 13.0 Å². The molecule has 0 saturated carbocycles. The smallest absolute Gasteiger partial charge is 0.341 e. The predicted octanol–water partition coefficient (Wildman–Crippen LogP) is 2.20. The molecular formula is C22H27NO7. The number of esters is 1. The van der Waals surface area contributed by atoms with Gasteiger partial charge in [-0.3, -0.25) is 4.79 Å². The number of hydrogen-bond donors (Lipinski definition) is 2. The average molecular weight is 417 g/mol. The molecule has 1 fully saturated rings. The Balaban J connectivity index is 1.67. The quantitative estimate of drug-likeness (QED) is 0.563. The van der Waals surface area contributed by atoms with Gasteiger partial charge in [-0.1, -0.05) is 0 Å². The number of ether oxygens (including phenoxy) is 3. The van der Waals surface area contributed by atoms with Gasteiger partial charge in [0.1, 0.15) is 39.9 Å². The van der Waals surface area contributed by atoms with Crippen molar-refractivity contribution in [3.63, 3.8) is 0 Å². The number of aryl methyl sites for hydroxylation is 1. The Morgan fingerprint density at radius 1 is 1.37 bits per heavy atom. The first-order valence-corrected chi connectivity index (χ1v) is 10.1. The van der Waals surface area contributed by atoms with E-state index in [2.05, 4.69) is 5.32 Å². The van der Waals surface area contributed by atoms with E-state index in [4.69, 9.17) is 18.6 Å². The number of rotatable bonds is 5. The number of aromatic hydroxyl groups is 1. The second-order valence-electron chi connectivity index (χ2n) is 8.60. The molecule has 8 heteroatoms. The van der Waals surface area contributed by atoms with Crippen molar-refractivity contribution in [2.24, 2.45) is 0 Å². The summed E-state index contributed by atoms with van der Waals surface area (Å²) < 4.78 is 23.1.